The molecule has 0 aliphatic carbocycles. The van der Waals surface area contributed by atoms with Gasteiger partial charge in [-0.1, -0.05) is 18.2 Å². The van der Waals surface area contributed by atoms with Crippen LogP contribution in [0.1, 0.15) is 16.9 Å². The highest BCUT2D eigenvalue weighted by Crippen LogP contribution is 2.25. The molecule has 120 valence electrons. The molecule has 2 aromatic rings. The molecule has 1 aliphatic rings. The van der Waals surface area contributed by atoms with Crippen molar-refractivity contribution in [1.82, 2.24) is 5.32 Å². The zero-order valence-electron chi connectivity index (χ0n) is 13.1. The Labute approximate surface area is 140 Å². The lowest BCUT2D eigenvalue weighted by Crippen LogP contribution is -2.34. The number of nitrogens with zero attached hydrogens (tertiary/aromatic N) is 1. The second kappa shape index (κ2) is 6.96. The third-order valence-corrected chi connectivity index (χ3v) is 5.00. The number of nitrogens with one attached hydrogen (secondary N) is 1. The number of carbonyl (C=O) groups is 2. The van der Waals surface area contributed by atoms with Crippen molar-refractivity contribution in [2.24, 2.45) is 5.92 Å². The van der Waals surface area contributed by atoms with Crippen LogP contribution in [-0.4, -0.2) is 24.9 Å². The molecule has 0 spiro atoms. The molecule has 0 unspecified atom stereocenters. The van der Waals surface area contributed by atoms with Crippen molar-refractivity contribution in [3.63, 3.8) is 0 Å². The van der Waals surface area contributed by atoms with Crippen LogP contribution in [-0.2, 0) is 16.0 Å². The molecular weight excluding hydrogens is 308 g/mol. The molecule has 5 heteroatoms. The van der Waals surface area contributed by atoms with Gasteiger partial charge in [0.1, 0.15) is 0 Å². The molecule has 1 saturated heterocycles. The Kier molecular flexibility index (Phi) is 4.76. The van der Waals surface area contributed by atoms with Crippen molar-refractivity contribution in [3.8, 4) is 0 Å². The number of carbonyl (C=O) groups excluding carboxylic acids is 2. The van der Waals surface area contributed by atoms with E-state index in [9.17, 15) is 9.59 Å². The maximum atomic E-state index is 12.3. The molecule has 1 N–H and O–H groups in total. The molecule has 0 radical (unpaired) electrons. The van der Waals surface area contributed by atoms with Crippen LogP contribution in [0.25, 0.3) is 0 Å². The van der Waals surface area contributed by atoms with Gasteiger partial charge in [-0.15, -0.1) is 11.3 Å². The van der Waals surface area contributed by atoms with Crippen LogP contribution in [0.4, 0.5) is 5.69 Å². The summed E-state index contributed by atoms with van der Waals surface area (Å²) >= 11 is 1.69. The number of amides is 2. The molecule has 4 nitrogen and oxygen atoms in total. The molecule has 0 bridgehead atoms. The van der Waals surface area contributed by atoms with Gasteiger partial charge in [-0.05, 0) is 42.5 Å². The topological polar surface area (TPSA) is 49.4 Å². The Bertz CT molecular complexity index is 697. The van der Waals surface area contributed by atoms with Gasteiger partial charge in [0.05, 0.1) is 5.92 Å². The largest absolute Gasteiger partial charge is 0.355 e. The Hall–Kier alpha value is -2.14. The highest BCUT2D eigenvalue weighted by Gasteiger charge is 2.34. The standard InChI is InChI=1S/C18H20N2O2S/c1-13-4-2-5-15(10-13)20-12-14(11-17(20)21)18(22)19-8-7-16-6-3-9-23-16/h2-6,9-10,14H,7-8,11-12H2,1H3,(H,19,22)/t14-/m0/s1. The van der Waals surface area contributed by atoms with Gasteiger partial charge in [0.25, 0.3) is 0 Å². The van der Waals surface area contributed by atoms with Gasteiger partial charge in [-0.2, -0.15) is 0 Å². The van der Waals surface area contributed by atoms with E-state index < -0.39 is 0 Å². The van der Waals surface area contributed by atoms with Crippen LogP contribution in [0.3, 0.4) is 0 Å². The normalized spacial score (nSPS) is 17.5. The minimum Gasteiger partial charge on any atom is -0.355 e. The number of hydrogen-bond donors (Lipinski definition) is 1. The van der Waals surface area contributed by atoms with E-state index in [2.05, 4.69) is 11.4 Å². The van der Waals surface area contributed by atoms with Gasteiger partial charge in [0, 0.05) is 30.1 Å². The van der Waals surface area contributed by atoms with Crippen LogP contribution in [0.2, 0.25) is 0 Å². The molecule has 2 amide bonds. The van der Waals surface area contributed by atoms with Gasteiger partial charge in [-0.3, -0.25) is 9.59 Å². The first-order valence-corrected chi connectivity index (χ1v) is 8.68. The van der Waals surface area contributed by atoms with Gasteiger partial charge in [0.2, 0.25) is 11.8 Å². The number of benzene rings is 1. The smallest absolute Gasteiger partial charge is 0.227 e. The van der Waals surface area contributed by atoms with Gasteiger partial charge >= 0.3 is 0 Å². The first-order valence-electron chi connectivity index (χ1n) is 7.80. The third kappa shape index (κ3) is 3.79. The van der Waals surface area contributed by atoms with Crippen molar-refractivity contribution in [3.05, 3.63) is 52.2 Å². The first kappa shape index (κ1) is 15.7. The monoisotopic (exact) mass is 328 g/mol. The van der Waals surface area contributed by atoms with E-state index in [4.69, 9.17) is 0 Å². The van der Waals surface area contributed by atoms with E-state index in [-0.39, 0.29) is 17.7 Å². The molecular formula is C18H20N2O2S. The van der Waals surface area contributed by atoms with E-state index >= 15 is 0 Å². The van der Waals surface area contributed by atoms with E-state index in [1.54, 1.807) is 16.2 Å². The summed E-state index contributed by atoms with van der Waals surface area (Å²) in [5, 5.41) is 4.99. The van der Waals surface area contributed by atoms with Crippen molar-refractivity contribution >= 4 is 28.8 Å². The summed E-state index contributed by atoms with van der Waals surface area (Å²) in [5.41, 5.74) is 1.99. The number of hydrogen-bond acceptors (Lipinski definition) is 3. The second-order valence-corrected chi connectivity index (χ2v) is 6.90. The predicted molar refractivity (Wildman–Crippen MR) is 92.7 cm³/mol. The highest BCUT2D eigenvalue weighted by molar-refractivity contribution is 7.09. The minimum absolute atomic E-state index is 0.0222. The summed E-state index contributed by atoms with van der Waals surface area (Å²) in [6.45, 7) is 3.08. The van der Waals surface area contributed by atoms with Crippen LogP contribution >= 0.6 is 11.3 Å². The molecule has 1 aliphatic heterocycles. The molecule has 2 heterocycles. The fourth-order valence-corrected chi connectivity index (χ4v) is 3.55. The molecule has 1 aromatic carbocycles. The van der Waals surface area contributed by atoms with Crippen LogP contribution < -0.4 is 10.2 Å². The van der Waals surface area contributed by atoms with Crippen molar-refractivity contribution in [2.75, 3.05) is 18.0 Å². The van der Waals surface area contributed by atoms with E-state index in [0.29, 0.717) is 19.5 Å². The highest BCUT2D eigenvalue weighted by atomic mass is 32.1. The maximum Gasteiger partial charge on any atom is 0.227 e. The third-order valence-electron chi connectivity index (χ3n) is 4.06. The summed E-state index contributed by atoms with van der Waals surface area (Å²) < 4.78 is 0. The summed E-state index contributed by atoms with van der Waals surface area (Å²) in [6, 6.07) is 11.9. The average Bonchev–Trinajstić information content (AvgIpc) is 3.16. The molecule has 1 fully saturated rings. The van der Waals surface area contributed by atoms with Crippen molar-refractivity contribution in [1.29, 1.82) is 0 Å². The van der Waals surface area contributed by atoms with E-state index in [0.717, 1.165) is 17.7 Å². The zero-order chi connectivity index (χ0) is 16.2. The van der Waals surface area contributed by atoms with Gasteiger partial charge < -0.3 is 10.2 Å². The molecule has 3 rings (SSSR count). The molecule has 1 atom stereocenters. The summed E-state index contributed by atoms with van der Waals surface area (Å²) in [6.07, 6.45) is 1.13. The van der Waals surface area contributed by atoms with E-state index in [1.807, 2.05) is 42.6 Å². The lowest BCUT2D eigenvalue weighted by atomic mass is 10.1. The molecule has 23 heavy (non-hydrogen) atoms. The molecule has 1 aromatic heterocycles. The summed E-state index contributed by atoms with van der Waals surface area (Å²) in [5.74, 6) is -0.259. The lowest BCUT2D eigenvalue weighted by molar-refractivity contribution is -0.126. The first-order chi connectivity index (χ1) is 11.1. The number of aryl methyl sites for hydroxylation is 1. The van der Waals surface area contributed by atoms with Crippen LogP contribution in [0, 0.1) is 12.8 Å². The van der Waals surface area contributed by atoms with Crippen molar-refractivity contribution < 1.29 is 9.59 Å². The average molecular weight is 328 g/mol. The predicted octanol–water partition coefficient (Wildman–Crippen LogP) is 2.77. The molecule has 0 saturated carbocycles. The lowest BCUT2D eigenvalue weighted by Gasteiger charge is -2.17. The fourth-order valence-electron chi connectivity index (χ4n) is 2.84. The number of thiophene rings is 1. The number of anilines is 1. The van der Waals surface area contributed by atoms with Crippen LogP contribution in [0.15, 0.2) is 41.8 Å². The number of rotatable bonds is 5. The second-order valence-electron chi connectivity index (χ2n) is 5.86. The Morgan fingerprint density at radius 3 is 2.96 bits per heavy atom. The van der Waals surface area contributed by atoms with Crippen LogP contribution in [0.5, 0.6) is 0 Å². The maximum absolute atomic E-state index is 12.3. The fraction of sp³-hybridized carbons (Fsp3) is 0.333. The van der Waals surface area contributed by atoms with Gasteiger partial charge in [0.15, 0.2) is 0 Å². The minimum atomic E-state index is -0.258. The van der Waals surface area contributed by atoms with E-state index in [1.165, 1.54) is 4.88 Å². The Balaban J connectivity index is 1.55. The quantitative estimate of drug-likeness (QED) is 0.917. The summed E-state index contributed by atoms with van der Waals surface area (Å²) in [7, 11) is 0. The summed E-state index contributed by atoms with van der Waals surface area (Å²) in [4.78, 5) is 27.5. The van der Waals surface area contributed by atoms with Crippen molar-refractivity contribution in [2.45, 2.75) is 19.8 Å². The SMILES string of the molecule is Cc1cccc(N2C[C@@H](C(=O)NCCc3cccs3)CC2=O)c1. The van der Waals surface area contributed by atoms with Gasteiger partial charge in [-0.25, -0.2) is 0 Å². The Morgan fingerprint density at radius 2 is 2.22 bits per heavy atom. The Morgan fingerprint density at radius 1 is 1.35 bits per heavy atom. The zero-order valence-corrected chi connectivity index (χ0v) is 13.9.